The number of hydrogen-bond donors (Lipinski definition) is 4. The lowest BCUT2D eigenvalue weighted by Crippen LogP contribution is -2.59. The molecule has 0 aliphatic carbocycles. The molecule has 1 saturated heterocycles. The Hall–Kier alpha value is -2.11. The summed E-state index contributed by atoms with van der Waals surface area (Å²) in [6.07, 6.45) is 41.1. The number of carbonyl (C=O) groups is 1. The minimum Gasteiger partial charge on any atom is -0.457 e. The van der Waals surface area contributed by atoms with E-state index in [9.17, 15) is 25.2 Å². The summed E-state index contributed by atoms with van der Waals surface area (Å²) in [4.78, 5) is 12.7. The second-order valence-corrected chi connectivity index (χ2v) is 15.1. The van der Waals surface area contributed by atoms with Gasteiger partial charge < -0.3 is 39.4 Å². The smallest absolute Gasteiger partial charge is 0.306 e. The fourth-order valence-electron chi connectivity index (χ4n) is 6.46. The van der Waals surface area contributed by atoms with Gasteiger partial charge in [0.1, 0.15) is 30.5 Å². The summed E-state index contributed by atoms with van der Waals surface area (Å²) in [5.41, 5.74) is 0. The largest absolute Gasteiger partial charge is 0.457 e. The SMILES string of the molecule is CC/C=C\C/C=C\C/C=C\C/C=C\C/C=C\CCCCCCCCCCOCC(COC1OC(CO)C(O)C(O)C1O)OC(=O)CCCCCCCCCCC. The predicted molar refractivity (Wildman–Crippen MR) is 228 cm³/mol. The van der Waals surface area contributed by atoms with E-state index in [1.54, 1.807) is 0 Å². The average Bonchev–Trinajstić information content (AvgIpc) is 3.20. The van der Waals surface area contributed by atoms with E-state index in [1.807, 2.05) is 0 Å². The molecule has 1 heterocycles. The van der Waals surface area contributed by atoms with E-state index in [2.05, 4.69) is 74.6 Å². The molecule has 1 aliphatic heterocycles. The van der Waals surface area contributed by atoms with E-state index in [4.69, 9.17) is 18.9 Å². The van der Waals surface area contributed by atoms with Gasteiger partial charge in [0, 0.05) is 13.0 Å². The molecule has 0 aromatic rings. The van der Waals surface area contributed by atoms with Crippen LogP contribution >= 0.6 is 0 Å². The summed E-state index contributed by atoms with van der Waals surface area (Å²) in [5, 5.41) is 40.0. The molecule has 0 bridgehead atoms. The molecule has 9 heteroatoms. The molecule has 6 atom stereocenters. The summed E-state index contributed by atoms with van der Waals surface area (Å²) in [6, 6.07) is 0. The van der Waals surface area contributed by atoms with Crippen LogP contribution in [0.25, 0.3) is 0 Å². The Labute approximate surface area is 341 Å². The monoisotopic (exact) mass is 791 g/mol. The lowest BCUT2D eigenvalue weighted by atomic mass is 9.99. The highest BCUT2D eigenvalue weighted by Crippen LogP contribution is 2.22. The zero-order valence-electron chi connectivity index (χ0n) is 35.4. The number of rotatable bonds is 37. The first kappa shape index (κ1) is 51.9. The number of hydrogen-bond acceptors (Lipinski definition) is 9. The number of aliphatic hydroxyl groups excluding tert-OH is 4. The molecule has 0 aromatic heterocycles. The van der Waals surface area contributed by atoms with Crippen molar-refractivity contribution in [1.29, 1.82) is 0 Å². The van der Waals surface area contributed by atoms with Crippen molar-refractivity contribution in [2.45, 2.75) is 205 Å². The van der Waals surface area contributed by atoms with E-state index < -0.39 is 43.4 Å². The van der Waals surface area contributed by atoms with Gasteiger partial charge in [-0.2, -0.15) is 0 Å². The van der Waals surface area contributed by atoms with Crippen LogP contribution in [0.4, 0.5) is 0 Å². The van der Waals surface area contributed by atoms with Crippen LogP contribution < -0.4 is 0 Å². The molecule has 1 aliphatic rings. The van der Waals surface area contributed by atoms with Crippen LogP contribution in [0.3, 0.4) is 0 Å². The highest BCUT2D eigenvalue weighted by molar-refractivity contribution is 5.69. The molecule has 6 unspecified atom stereocenters. The van der Waals surface area contributed by atoms with Gasteiger partial charge >= 0.3 is 5.97 Å². The summed E-state index contributed by atoms with van der Waals surface area (Å²) in [7, 11) is 0. The van der Waals surface area contributed by atoms with Crippen LogP contribution in [0.5, 0.6) is 0 Å². The molecule has 1 rings (SSSR count). The van der Waals surface area contributed by atoms with Crippen LogP contribution in [0, 0.1) is 0 Å². The van der Waals surface area contributed by atoms with Crippen LogP contribution in [0.1, 0.15) is 168 Å². The zero-order valence-corrected chi connectivity index (χ0v) is 35.4. The normalized spacial score (nSPS) is 21.1. The predicted octanol–water partition coefficient (Wildman–Crippen LogP) is 9.91. The molecule has 4 N–H and O–H groups in total. The zero-order chi connectivity index (χ0) is 40.7. The van der Waals surface area contributed by atoms with Crippen molar-refractivity contribution in [2.75, 3.05) is 26.4 Å². The summed E-state index contributed by atoms with van der Waals surface area (Å²) in [5.74, 6) is -0.322. The molecule has 0 aromatic carbocycles. The first-order chi connectivity index (χ1) is 27.4. The summed E-state index contributed by atoms with van der Waals surface area (Å²) < 4.78 is 22.7. The molecule has 9 nitrogen and oxygen atoms in total. The number of esters is 1. The van der Waals surface area contributed by atoms with Gasteiger partial charge in [-0.15, -0.1) is 0 Å². The minimum absolute atomic E-state index is 0.118. The molecule has 0 spiro atoms. The second-order valence-electron chi connectivity index (χ2n) is 15.1. The number of unbranched alkanes of at least 4 members (excludes halogenated alkanes) is 16. The van der Waals surface area contributed by atoms with Crippen LogP contribution in [-0.2, 0) is 23.7 Å². The Kier molecular flexibility index (Phi) is 35.6. The third-order valence-electron chi connectivity index (χ3n) is 9.95. The Bertz CT molecular complexity index is 1040. The maximum Gasteiger partial charge on any atom is 0.306 e. The average molecular weight is 791 g/mol. The summed E-state index contributed by atoms with van der Waals surface area (Å²) >= 11 is 0. The second kappa shape index (κ2) is 38.4. The maximum atomic E-state index is 12.7. The molecule has 0 saturated carbocycles. The molecule has 56 heavy (non-hydrogen) atoms. The highest BCUT2D eigenvalue weighted by Gasteiger charge is 2.44. The number of allylic oxidation sites excluding steroid dienone is 10. The van der Waals surface area contributed by atoms with Crippen molar-refractivity contribution in [3.63, 3.8) is 0 Å². The number of ether oxygens (including phenoxy) is 4. The standard InChI is InChI=1S/C47H82O9/c1-3-5-7-9-11-13-14-15-16-17-18-19-20-21-22-23-24-25-26-27-29-31-33-35-37-53-39-41(40-54-47-46(52)45(51)44(50)42(38-48)56-47)55-43(49)36-34-32-30-28-12-10-8-6-4-2/h5,7,11,13,15-16,18-19,21-22,41-42,44-48,50-52H,3-4,6,8-10,12,14,17,20,23-40H2,1-2H3/b7-5-,13-11-,16-15-,19-18-,22-21-. The molecule has 0 radical (unpaired) electrons. The molecular formula is C47H82O9. The Morgan fingerprint density at radius 3 is 1.64 bits per heavy atom. The quantitative estimate of drug-likeness (QED) is 0.0276. The topological polar surface area (TPSA) is 135 Å². The van der Waals surface area contributed by atoms with Crippen LogP contribution in [-0.4, -0.2) is 89.6 Å². The maximum absolute atomic E-state index is 12.7. The van der Waals surface area contributed by atoms with Crippen molar-refractivity contribution in [1.82, 2.24) is 0 Å². The number of carbonyl (C=O) groups excluding carboxylic acids is 1. The van der Waals surface area contributed by atoms with Gasteiger partial charge in [-0.05, 0) is 57.8 Å². The first-order valence-electron chi connectivity index (χ1n) is 22.4. The lowest BCUT2D eigenvalue weighted by Gasteiger charge is -2.39. The molecule has 1 fully saturated rings. The van der Waals surface area contributed by atoms with E-state index >= 15 is 0 Å². The first-order valence-corrected chi connectivity index (χ1v) is 22.4. The number of aliphatic hydroxyl groups is 4. The third-order valence-corrected chi connectivity index (χ3v) is 9.95. The third kappa shape index (κ3) is 29.2. The van der Waals surface area contributed by atoms with E-state index in [0.717, 1.165) is 77.0 Å². The van der Waals surface area contributed by atoms with Crippen molar-refractivity contribution >= 4 is 5.97 Å². The van der Waals surface area contributed by atoms with Crippen LogP contribution in [0.15, 0.2) is 60.8 Å². The van der Waals surface area contributed by atoms with Gasteiger partial charge in [0.15, 0.2) is 6.29 Å². The molecular weight excluding hydrogens is 709 g/mol. The Balaban J connectivity index is 2.20. The van der Waals surface area contributed by atoms with Gasteiger partial charge in [-0.1, -0.05) is 164 Å². The van der Waals surface area contributed by atoms with Gasteiger partial charge in [-0.25, -0.2) is 0 Å². The van der Waals surface area contributed by atoms with Crippen molar-refractivity contribution in [3.05, 3.63) is 60.8 Å². The van der Waals surface area contributed by atoms with E-state index in [1.165, 1.54) is 70.6 Å². The van der Waals surface area contributed by atoms with E-state index in [-0.39, 0.29) is 19.2 Å². The Morgan fingerprint density at radius 2 is 1.09 bits per heavy atom. The minimum atomic E-state index is -1.54. The van der Waals surface area contributed by atoms with Crippen LogP contribution in [0.2, 0.25) is 0 Å². The van der Waals surface area contributed by atoms with Gasteiger partial charge in [-0.3, -0.25) is 4.79 Å². The van der Waals surface area contributed by atoms with Crippen molar-refractivity contribution < 1.29 is 44.2 Å². The fourth-order valence-corrected chi connectivity index (χ4v) is 6.46. The van der Waals surface area contributed by atoms with Crippen molar-refractivity contribution in [3.8, 4) is 0 Å². The summed E-state index contributed by atoms with van der Waals surface area (Å²) in [6.45, 7) is 4.39. The molecule has 324 valence electrons. The molecule has 0 amide bonds. The van der Waals surface area contributed by atoms with Crippen molar-refractivity contribution in [2.24, 2.45) is 0 Å². The lowest BCUT2D eigenvalue weighted by molar-refractivity contribution is -0.305. The van der Waals surface area contributed by atoms with E-state index in [0.29, 0.717) is 13.0 Å². The highest BCUT2D eigenvalue weighted by atomic mass is 16.7. The Morgan fingerprint density at radius 1 is 0.589 bits per heavy atom. The van der Waals surface area contributed by atoms with Gasteiger partial charge in [0.2, 0.25) is 0 Å². The van der Waals surface area contributed by atoms with Gasteiger partial charge in [0.25, 0.3) is 0 Å². The van der Waals surface area contributed by atoms with Gasteiger partial charge in [0.05, 0.1) is 19.8 Å². The fraction of sp³-hybridized carbons (Fsp3) is 0.766.